The zero-order chi connectivity index (χ0) is 7.05. The minimum Gasteiger partial charge on any atom is -0.155 e. The van der Waals surface area contributed by atoms with E-state index in [4.69, 9.17) is 0 Å². The summed E-state index contributed by atoms with van der Waals surface area (Å²) in [5.74, 6) is 1.43. The van der Waals surface area contributed by atoms with E-state index in [-0.39, 0.29) is 0 Å². The van der Waals surface area contributed by atoms with Crippen molar-refractivity contribution < 1.29 is 0 Å². The van der Waals surface area contributed by atoms with Gasteiger partial charge < -0.3 is 0 Å². The van der Waals surface area contributed by atoms with Crippen LogP contribution in [0.2, 0.25) is 0 Å². The van der Waals surface area contributed by atoms with Crippen molar-refractivity contribution in [1.29, 1.82) is 0 Å². The summed E-state index contributed by atoms with van der Waals surface area (Å²) in [7, 11) is 0. The van der Waals surface area contributed by atoms with Crippen LogP contribution in [0.5, 0.6) is 0 Å². The fourth-order valence-electron chi connectivity index (χ4n) is 2.10. The first-order valence-corrected chi connectivity index (χ1v) is 6.91. The highest BCUT2D eigenvalue weighted by molar-refractivity contribution is 8.15. The Morgan fingerprint density at radius 3 is 3.18 bits per heavy atom. The van der Waals surface area contributed by atoms with Gasteiger partial charge in [0.1, 0.15) is 0 Å². The first-order valence-electron chi connectivity index (χ1n) is 4.04. The molecule has 3 heteroatoms. The van der Waals surface area contributed by atoms with E-state index >= 15 is 0 Å². The van der Waals surface area contributed by atoms with E-state index in [1.165, 1.54) is 5.75 Å². The van der Waals surface area contributed by atoms with E-state index in [1.807, 2.05) is 0 Å². The SMILES string of the molecule is C1=CC2(C3CS3)SC2C2SC12. The lowest BCUT2D eigenvalue weighted by molar-refractivity contribution is 0.751. The molecule has 3 aliphatic heterocycles. The second kappa shape index (κ2) is 1.68. The van der Waals surface area contributed by atoms with Gasteiger partial charge in [0.15, 0.2) is 0 Å². The van der Waals surface area contributed by atoms with Crippen LogP contribution in [0.25, 0.3) is 0 Å². The Hall–Kier alpha value is 0.790. The summed E-state index contributed by atoms with van der Waals surface area (Å²) in [5.41, 5.74) is 0. The quantitative estimate of drug-likeness (QED) is 0.469. The first kappa shape index (κ1) is 6.28. The molecule has 0 saturated carbocycles. The monoisotopic (exact) mass is 200 g/mol. The van der Waals surface area contributed by atoms with Gasteiger partial charge in [0.25, 0.3) is 0 Å². The molecule has 0 aromatic rings. The van der Waals surface area contributed by atoms with E-state index in [1.54, 1.807) is 0 Å². The second-order valence-corrected chi connectivity index (χ2v) is 7.69. The molecule has 0 N–H and O–H groups in total. The largest absolute Gasteiger partial charge is 0.155 e. The molecule has 4 aliphatic rings. The Morgan fingerprint density at radius 1 is 1.45 bits per heavy atom. The second-order valence-electron chi connectivity index (χ2n) is 3.64. The highest BCUT2D eigenvalue weighted by atomic mass is 32.2. The Bertz CT molecular complexity index is 258. The average Bonchev–Trinajstić information content (AvgIpc) is 2.87. The van der Waals surface area contributed by atoms with Crippen molar-refractivity contribution in [3.05, 3.63) is 12.2 Å². The van der Waals surface area contributed by atoms with E-state index in [9.17, 15) is 0 Å². The normalized spacial score (nSPS) is 68.4. The Kier molecular flexibility index (Phi) is 0.960. The molecule has 1 aliphatic carbocycles. The van der Waals surface area contributed by atoms with E-state index in [0.29, 0.717) is 4.75 Å². The maximum Gasteiger partial charge on any atom is 0.0599 e. The smallest absolute Gasteiger partial charge is 0.0599 e. The van der Waals surface area contributed by atoms with Crippen LogP contribution < -0.4 is 0 Å². The summed E-state index contributed by atoms with van der Waals surface area (Å²) < 4.78 is 0.648. The third kappa shape index (κ3) is 0.689. The Balaban J connectivity index is 1.77. The van der Waals surface area contributed by atoms with Crippen molar-refractivity contribution in [1.82, 2.24) is 0 Å². The summed E-state index contributed by atoms with van der Waals surface area (Å²) in [6.45, 7) is 0. The van der Waals surface area contributed by atoms with Crippen molar-refractivity contribution in [2.75, 3.05) is 5.75 Å². The lowest BCUT2D eigenvalue weighted by atomic mass is 9.94. The van der Waals surface area contributed by atoms with Crippen LogP contribution in [0.3, 0.4) is 0 Å². The van der Waals surface area contributed by atoms with Gasteiger partial charge in [-0.05, 0) is 0 Å². The zero-order valence-corrected chi connectivity index (χ0v) is 8.35. The van der Waals surface area contributed by atoms with E-state index in [0.717, 1.165) is 21.0 Å². The average molecular weight is 200 g/mol. The minimum atomic E-state index is 0.648. The fourth-order valence-corrected chi connectivity index (χ4v) is 6.58. The third-order valence-corrected chi connectivity index (χ3v) is 7.44. The van der Waals surface area contributed by atoms with Gasteiger partial charge in [-0.2, -0.15) is 11.8 Å². The van der Waals surface area contributed by atoms with Crippen molar-refractivity contribution in [2.24, 2.45) is 0 Å². The summed E-state index contributed by atoms with van der Waals surface area (Å²) in [6, 6.07) is 0. The molecule has 0 aromatic heterocycles. The predicted octanol–water partition coefficient (Wildman–Crippen LogP) is 2.01. The van der Waals surface area contributed by atoms with Crippen molar-refractivity contribution in [3.63, 3.8) is 0 Å². The minimum absolute atomic E-state index is 0.648. The molecular weight excluding hydrogens is 192 g/mol. The molecule has 3 heterocycles. The summed E-state index contributed by atoms with van der Waals surface area (Å²) in [5, 5.41) is 3.96. The maximum atomic E-state index is 2.52. The maximum absolute atomic E-state index is 2.52. The number of rotatable bonds is 1. The topological polar surface area (TPSA) is 0 Å². The van der Waals surface area contributed by atoms with Gasteiger partial charge in [0.2, 0.25) is 0 Å². The lowest BCUT2D eigenvalue weighted by Crippen LogP contribution is -2.24. The molecular formula is C8H8S3. The van der Waals surface area contributed by atoms with Gasteiger partial charge in [-0.3, -0.25) is 0 Å². The molecule has 11 heavy (non-hydrogen) atoms. The standard InChI is InChI=1S/C8H8S3/c1-2-8(5-3-9-5)7(11-8)6-4(1)10-6/h1-2,4-7H,3H2. The van der Waals surface area contributed by atoms with Crippen LogP contribution in [0.1, 0.15) is 0 Å². The molecule has 0 amide bonds. The highest BCUT2D eigenvalue weighted by Crippen LogP contribution is 2.73. The van der Waals surface area contributed by atoms with E-state index in [2.05, 4.69) is 47.4 Å². The first-order chi connectivity index (χ1) is 5.40. The Morgan fingerprint density at radius 2 is 2.36 bits per heavy atom. The summed E-state index contributed by atoms with van der Waals surface area (Å²) in [6.07, 6.45) is 4.99. The van der Waals surface area contributed by atoms with Crippen molar-refractivity contribution in [2.45, 2.75) is 25.7 Å². The Labute approximate surface area is 79.0 Å². The van der Waals surface area contributed by atoms with Crippen LogP contribution in [-0.2, 0) is 0 Å². The van der Waals surface area contributed by atoms with Crippen LogP contribution in [-0.4, -0.2) is 31.5 Å². The van der Waals surface area contributed by atoms with Crippen LogP contribution >= 0.6 is 35.3 Å². The number of hydrogen-bond acceptors (Lipinski definition) is 3. The third-order valence-electron chi connectivity index (χ3n) is 2.96. The molecule has 0 nitrogen and oxygen atoms in total. The summed E-state index contributed by atoms with van der Waals surface area (Å²) in [4.78, 5) is 0. The molecule has 3 fully saturated rings. The zero-order valence-electron chi connectivity index (χ0n) is 5.90. The van der Waals surface area contributed by atoms with Gasteiger partial charge in [0, 0.05) is 26.8 Å². The van der Waals surface area contributed by atoms with Crippen LogP contribution in [0.4, 0.5) is 0 Å². The van der Waals surface area contributed by atoms with Gasteiger partial charge in [0.05, 0.1) is 4.75 Å². The predicted molar refractivity (Wildman–Crippen MR) is 54.7 cm³/mol. The fraction of sp³-hybridized carbons (Fsp3) is 0.750. The molecule has 5 unspecified atom stereocenters. The molecule has 3 saturated heterocycles. The molecule has 0 radical (unpaired) electrons. The molecule has 58 valence electrons. The number of hydrogen-bond donors (Lipinski definition) is 0. The molecule has 5 atom stereocenters. The highest BCUT2D eigenvalue weighted by Gasteiger charge is 2.71. The number of fused-ring (bicyclic) bond motifs is 3. The molecule has 0 aromatic carbocycles. The van der Waals surface area contributed by atoms with Gasteiger partial charge >= 0.3 is 0 Å². The molecule has 0 spiro atoms. The van der Waals surface area contributed by atoms with Crippen molar-refractivity contribution in [3.8, 4) is 0 Å². The van der Waals surface area contributed by atoms with Gasteiger partial charge in [-0.25, -0.2) is 0 Å². The summed E-state index contributed by atoms with van der Waals surface area (Å²) >= 11 is 6.57. The number of thioether (sulfide) groups is 3. The molecule has 0 bridgehead atoms. The van der Waals surface area contributed by atoms with Gasteiger partial charge in [-0.15, -0.1) is 23.5 Å². The lowest BCUT2D eigenvalue weighted by Gasteiger charge is -2.09. The van der Waals surface area contributed by atoms with Crippen LogP contribution in [0.15, 0.2) is 12.2 Å². The van der Waals surface area contributed by atoms with Gasteiger partial charge in [-0.1, -0.05) is 12.2 Å². The van der Waals surface area contributed by atoms with Crippen LogP contribution in [0, 0.1) is 0 Å². The van der Waals surface area contributed by atoms with E-state index < -0.39 is 0 Å². The molecule has 4 rings (SSSR count). The van der Waals surface area contributed by atoms with Crippen molar-refractivity contribution >= 4 is 35.3 Å².